The van der Waals surface area contributed by atoms with Crippen LogP contribution in [-0.4, -0.2) is 34.6 Å². The van der Waals surface area contributed by atoms with E-state index in [-0.39, 0.29) is 12.5 Å². The highest BCUT2D eigenvalue weighted by atomic mass is 79.9. The van der Waals surface area contributed by atoms with E-state index in [1.54, 1.807) is 18.2 Å². The molecule has 0 bridgehead atoms. The lowest BCUT2D eigenvalue weighted by atomic mass is 10.2. The Labute approximate surface area is 180 Å². The minimum atomic E-state index is -0.463. The molecule has 6 nitrogen and oxygen atoms in total. The Morgan fingerprint density at radius 1 is 1.25 bits per heavy atom. The van der Waals surface area contributed by atoms with Crippen LogP contribution in [0.25, 0.3) is 6.08 Å². The lowest BCUT2D eigenvalue weighted by molar-refractivity contribution is -0.142. The van der Waals surface area contributed by atoms with Crippen LogP contribution in [0.15, 0.2) is 39.7 Å². The molecule has 0 N–H and O–H groups in total. The van der Waals surface area contributed by atoms with Crippen molar-refractivity contribution in [3.05, 3.63) is 56.7 Å². The van der Waals surface area contributed by atoms with Crippen LogP contribution in [0.4, 0.5) is 0 Å². The Morgan fingerprint density at radius 3 is 2.54 bits per heavy atom. The van der Waals surface area contributed by atoms with E-state index >= 15 is 0 Å². The van der Waals surface area contributed by atoms with Crippen molar-refractivity contribution >= 4 is 62.2 Å². The zero-order chi connectivity index (χ0) is 20.4. The first-order valence-electron chi connectivity index (χ1n) is 8.24. The van der Waals surface area contributed by atoms with Gasteiger partial charge in [0.05, 0.1) is 16.5 Å². The third-order valence-electron chi connectivity index (χ3n) is 4.03. The number of halogens is 1. The van der Waals surface area contributed by atoms with Crippen LogP contribution in [0.5, 0.6) is 5.75 Å². The quantitative estimate of drug-likeness (QED) is 0.366. The topological polar surface area (TPSA) is 60.8 Å². The number of carbonyl (C=O) groups excluding carboxylic acids is 2. The summed E-state index contributed by atoms with van der Waals surface area (Å²) >= 11 is 10.1. The van der Waals surface area contributed by atoms with Gasteiger partial charge in [-0.2, -0.15) is 5.01 Å². The number of amides is 1. The van der Waals surface area contributed by atoms with Crippen LogP contribution in [0.3, 0.4) is 0 Å². The number of hydrogen-bond donors (Lipinski definition) is 0. The number of methoxy groups -OCH3 is 1. The van der Waals surface area contributed by atoms with Crippen molar-refractivity contribution in [3.8, 4) is 5.75 Å². The van der Waals surface area contributed by atoms with Gasteiger partial charge in [-0.15, -0.1) is 0 Å². The second-order valence-corrected chi connectivity index (χ2v) is 8.51. The van der Waals surface area contributed by atoms with Crippen LogP contribution >= 0.6 is 39.9 Å². The monoisotopic (exact) mass is 480 g/mol. The summed E-state index contributed by atoms with van der Waals surface area (Å²) in [6.45, 7) is 3.68. The summed E-state index contributed by atoms with van der Waals surface area (Å²) in [7, 11) is 1.30. The van der Waals surface area contributed by atoms with Gasteiger partial charge in [0.25, 0.3) is 5.91 Å². The Morgan fingerprint density at radius 2 is 1.93 bits per heavy atom. The highest BCUT2D eigenvalue weighted by Crippen LogP contribution is 2.34. The molecule has 1 aromatic heterocycles. The average Bonchev–Trinajstić information content (AvgIpc) is 3.12. The molecule has 0 atom stereocenters. The average molecular weight is 481 g/mol. The summed E-state index contributed by atoms with van der Waals surface area (Å²) < 4.78 is 12.9. The number of ether oxygens (including phenoxy) is 2. The molecule has 1 saturated heterocycles. The minimum Gasteiger partial charge on any atom is -0.481 e. The molecule has 2 heterocycles. The van der Waals surface area contributed by atoms with Crippen molar-refractivity contribution < 1.29 is 19.1 Å². The fourth-order valence-corrected chi connectivity index (χ4v) is 4.43. The van der Waals surface area contributed by atoms with Gasteiger partial charge in [-0.3, -0.25) is 9.47 Å². The lowest BCUT2D eigenvalue weighted by Gasteiger charge is -2.20. The Bertz CT molecular complexity index is 980. The zero-order valence-corrected chi connectivity index (χ0v) is 18.6. The molecule has 0 unspecified atom stereocenters. The third kappa shape index (κ3) is 4.16. The molecule has 1 fully saturated rings. The Balaban J connectivity index is 1.82. The van der Waals surface area contributed by atoms with E-state index in [2.05, 4.69) is 20.7 Å². The van der Waals surface area contributed by atoms with E-state index in [1.807, 2.05) is 36.7 Å². The van der Waals surface area contributed by atoms with Crippen LogP contribution in [-0.2, 0) is 14.3 Å². The van der Waals surface area contributed by atoms with Crippen molar-refractivity contribution in [2.75, 3.05) is 18.7 Å². The molecular formula is C19H17BrN2O4S2. The van der Waals surface area contributed by atoms with E-state index in [9.17, 15) is 9.59 Å². The van der Waals surface area contributed by atoms with Crippen molar-refractivity contribution in [3.63, 3.8) is 0 Å². The molecule has 146 valence electrons. The number of aryl methyl sites for hydroxylation is 2. The van der Waals surface area contributed by atoms with E-state index in [1.165, 1.54) is 23.9 Å². The number of hydrogen-bond acceptors (Lipinski definition) is 6. The number of aromatic nitrogens is 1. The first-order valence-corrected chi connectivity index (χ1v) is 10.3. The largest absolute Gasteiger partial charge is 0.481 e. The molecule has 0 saturated carbocycles. The number of carbonyl (C=O) groups is 2. The highest BCUT2D eigenvalue weighted by Gasteiger charge is 2.34. The smallest absolute Gasteiger partial charge is 0.343 e. The Kier molecular flexibility index (Phi) is 6.26. The van der Waals surface area contributed by atoms with Gasteiger partial charge < -0.3 is 9.47 Å². The third-order valence-corrected chi connectivity index (χ3v) is 5.94. The number of esters is 1. The number of rotatable bonds is 5. The molecular weight excluding hydrogens is 464 g/mol. The van der Waals surface area contributed by atoms with Gasteiger partial charge in [0.1, 0.15) is 5.75 Å². The van der Waals surface area contributed by atoms with Crippen molar-refractivity contribution in [2.24, 2.45) is 0 Å². The molecule has 1 aliphatic rings. The summed E-state index contributed by atoms with van der Waals surface area (Å²) in [6.07, 6.45) is 1.78. The maximum absolute atomic E-state index is 12.9. The van der Waals surface area contributed by atoms with E-state index in [4.69, 9.17) is 17.0 Å². The number of thiocarbonyl (C=S) groups is 1. The maximum Gasteiger partial charge on any atom is 0.343 e. The summed E-state index contributed by atoms with van der Waals surface area (Å²) in [4.78, 5) is 24.7. The highest BCUT2D eigenvalue weighted by molar-refractivity contribution is 9.10. The zero-order valence-electron chi connectivity index (χ0n) is 15.4. The molecule has 0 spiro atoms. The summed E-state index contributed by atoms with van der Waals surface area (Å²) in [5.41, 5.74) is 2.67. The molecule has 1 aromatic carbocycles. The lowest BCUT2D eigenvalue weighted by Crippen LogP contribution is -2.39. The van der Waals surface area contributed by atoms with Gasteiger partial charge in [-0.1, -0.05) is 17.8 Å². The normalized spacial score (nSPS) is 15.4. The van der Waals surface area contributed by atoms with Gasteiger partial charge in [0.2, 0.25) is 0 Å². The van der Waals surface area contributed by atoms with E-state index in [0.29, 0.717) is 19.4 Å². The van der Waals surface area contributed by atoms with Crippen molar-refractivity contribution in [1.82, 2.24) is 4.68 Å². The predicted molar refractivity (Wildman–Crippen MR) is 117 cm³/mol. The fourth-order valence-electron chi connectivity index (χ4n) is 2.68. The molecule has 0 radical (unpaired) electrons. The molecule has 28 heavy (non-hydrogen) atoms. The summed E-state index contributed by atoms with van der Waals surface area (Å²) in [5, 5.41) is 1.51. The predicted octanol–water partition coefficient (Wildman–Crippen LogP) is 3.96. The summed E-state index contributed by atoms with van der Waals surface area (Å²) in [5.74, 6) is -0.122. The Hall–Kier alpha value is -2.10. The SMILES string of the molecule is COC(=O)COc1ccc(/C=C2/SC(=S)N(n3c(C)ccc3C)C2=O)cc1Br. The van der Waals surface area contributed by atoms with Crippen LogP contribution in [0.1, 0.15) is 17.0 Å². The van der Waals surface area contributed by atoms with Crippen molar-refractivity contribution in [2.45, 2.75) is 13.8 Å². The molecule has 1 amide bonds. The molecule has 3 rings (SSSR count). The standard InChI is InChI=1S/C19H17BrN2O4S2/c1-11-4-5-12(2)21(11)22-18(24)16(28-19(22)27)9-13-6-7-15(14(20)8-13)26-10-17(23)25-3/h4-9H,10H2,1-3H3/b16-9+. The van der Waals surface area contributed by atoms with Gasteiger partial charge >= 0.3 is 5.97 Å². The minimum absolute atomic E-state index is 0.167. The first-order chi connectivity index (χ1) is 13.3. The second-order valence-electron chi connectivity index (χ2n) is 5.98. The fraction of sp³-hybridized carbons (Fsp3) is 0.211. The van der Waals surface area contributed by atoms with Gasteiger partial charge in [0.15, 0.2) is 10.9 Å². The number of nitrogens with zero attached hydrogens (tertiary/aromatic N) is 2. The summed E-state index contributed by atoms with van der Waals surface area (Å²) in [6, 6.07) is 9.23. The molecule has 1 aliphatic heterocycles. The maximum atomic E-state index is 12.9. The van der Waals surface area contributed by atoms with Gasteiger partial charge in [0, 0.05) is 11.4 Å². The molecule has 9 heteroatoms. The number of thioether (sulfide) groups is 1. The van der Waals surface area contributed by atoms with E-state index < -0.39 is 5.97 Å². The molecule has 2 aromatic rings. The van der Waals surface area contributed by atoms with Gasteiger partial charge in [-0.05, 0) is 77.9 Å². The van der Waals surface area contributed by atoms with Crippen molar-refractivity contribution in [1.29, 1.82) is 0 Å². The van der Waals surface area contributed by atoms with Gasteiger partial charge in [-0.25, -0.2) is 4.79 Å². The van der Waals surface area contributed by atoms with Crippen LogP contribution in [0, 0.1) is 13.8 Å². The van der Waals surface area contributed by atoms with Crippen LogP contribution in [0.2, 0.25) is 0 Å². The first kappa shape index (κ1) is 20.6. The second kappa shape index (κ2) is 8.50. The van der Waals surface area contributed by atoms with E-state index in [0.717, 1.165) is 17.0 Å². The number of benzene rings is 1. The molecule has 0 aliphatic carbocycles. The van der Waals surface area contributed by atoms with Crippen LogP contribution < -0.4 is 9.75 Å².